The van der Waals surface area contributed by atoms with Gasteiger partial charge in [0.15, 0.2) is 0 Å². The van der Waals surface area contributed by atoms with Gasteiger partial charge in [-0.25, -0.2) is 4.98 Å². The van der Waals surface area contributed by atoms with Crippen LogP contribution < -0.4 is 0 Å². The summed E-state index contributed by atoms with van der Waals surface area (Å²) in [5.74, 6) is 1.30. The van der Waals surface area contributed by atoms with E-state index in [1.807, 2.05) is 30.5 Å². The molecule has 0 amide bonds. The van der Waals surface area contributed by atoms with Crippen molar-refractivity contribution in [3.8, 4) is 0 Å². The maximum atomic E-state index is 10.5. The number of aliphatic hydroxyl groups excluding tert-OH is 1. The Morgan fingerprint density at radius 1 is 1.12 bits per heavy atom. The molecule has 5 heteroatoms. The SMILES string of the molecule is CC(C)n1c(CN2C[C@@H](Cc3ccccn3)[C@H](O)C2)nc2ccccc21. The van der Waals surface area contributed by atoms with Gasteiger partial charge < -0.3 is 9.67 Å². The van der Waals surface area contributed by atoms with Gasteiger partial charge in [-0.2, -0.15) is 0 Å². The summed E-state index contributed by atoms with van der Waals surface area (Å²) >= 11 is 0. The molecule has 136 valence electrons. The van der Waals surface area contributed by atoms with Crippen LogP contribution in [0.1, 0.15) is 31.4 Å². The number of rotatable bonds is 5. The summed E-state index contributed by atoms with van der Waals surface area (Å²) in [5.41, 5.74) is 3.27. The fourth-order valence-electron chi connectivity index (χ4n) is 4.04. The number of likely N-dealkylation sites (tertiary alicyclic amines) is 1. The zero-order valence-electron chi connectivity index (χ0n) is 15.4. The molecule has 1 fully saturated rings. The summed E-state index contributed by atoms with van der Waals surface area (Å²) in [4.78, 5) is 11.6. The van der Waals surface area contributed by atoms with Crippen LogP contribution in [0.15, 0.2) is 48.7 Å². The first-order chi connectivity index (χ1) is 12.6. The van der Waals surface area contributed by atoms with Crippen LogP contribution in [0.3, 0.4) is 0 Å². The molecule has 0 spiro atoms. The van der Waals surface area contributed by atoms with E-state index in [0.717, 1.165) is 36.5 Å². The van der Waals surface area contributed by atoms with Gasteiger partial charge in [0, 0.05) is 36.9 Å². The van der Waals surface area contributed by atoms with Crippen molar-refractivity contribution in [3.05, 3.63) is 60.2 Å². The summed E-state index contributed by atoms with van der Waals surface area (Å²) in [7, 11) is 0. The van der Waals surface area contributed by atoms with E-state index >= 15 is 0 Å². The Balaban J connectivity index is 1.51. The second-order valence-electron chi connectivity index (χ2n) is 7.53. The minimum Gasteiger partial charge on any atom is -0.391 e. The minimum absolute atomic E-state index is 0.224. The summed E-state index contributed by atoms with van der Waals surface area (Å²) in [6.07, 6.45) is 2.33. The third-order valence-electron chi connectivity index (χ3n) is 5.23. The van der Waals surface area contributed by atoms with E-state index in [1.54, 1.807) is 0 Å². The van der Waals surface area contributed by atoms with Crippen molar-refractivity contribution in [2.24, 2.45) is 5.92 Å². The van der Waals surface area contributed by atoms with Crippen molar-refractivity contribution >= 4 is 11.0 Å². The van der Waals surface area contributed by atoms with Crippen molar-refractivity contribution < 1.29 is 5.11 Å². The van der Waals surface area contributed by atoms with Gasteiger partial charge in [0.25, 0.3) is 0 Å². The van der Waals surface area contributed by atoms with Gasteiger partial charge >= 0.3 is 0 Å². The molecule has 3 aromatic rings. The lowest BCUT2D eigenvalue weighted by molar-refractivity contribution is 0.140. The van der Waals surface area contributed by atoms with Crippen LogP contribution in [0.5, 0.6) is 0 Å². The van der Waals surface area contributed by atoms with Crippen molar-refractivity contribution in [2.75, 3.05) is 13.1 Å². The molecule has 2 atom stereocenters. The number of β-amino-alcohol motifs (C(OH)–C–C–N with tert-alkyl or cyclic N) is 1. The van der Waals surface area contributed by atoms with Gasteiger partial charge in [-0.15, -0.1) is 0 Å². The van der Waals surface area contributed by atoms with Gasteiger partial charge in [-0.3, -0.25) is 9.88 Å². The van der Waals surface area contributed by atoms with Gasteiger partial charge in [0.05, 0.1) is 23.7 Å². The molecule has 0 bridgehead atoms. The molecule has 1 saturated heterocycles. The fraction of sp³-hybridized carbons (Fsp3) is 0.429. The molecule has 0 aliphatic carbocycles. The Kier molecular flexibility index (Phi) is 4.74. The fourth-order valence-corrected chi connectivity index (χ4v) is 4.04. The zero-order chi connectivity index (χ0) is 18.1. The molecule has 1 aliphatic heterocycles. The molecule has 4 rings (SSSR count). The zero-order valence-corrected chi connectivity index (χ0v) is 15.4. The molecule has 5 nitrogen and oxygen atoms in total. The Bertz CT molecular complexity index is 874. The van der Waals surface area contributed by atoms with Crippen LogP contribution in [0.2, 0.25) is 0 Å². The van der Waals surface area contributed by atoms with E-state index < -0.39 is 0 Å². The lowest BCUT2D eigenvalue weighted by Gasteiger charge is -2.18. The Morgan fingerprint density at radius 2 is 1.92 bits per heavy atom. The highest BCUT2D eigenvalue weighted by Crippen LogP contribution is 2.26. The highest BCUT2D eigenvalue weighted by Gasteiger charge is 2.32. The van der Waals surface area contributed by atoms with Gasteiger partial charge in [-0.05, 0) is 44.5 Å². The van der Waals surface area contributed by atoms with Crippen molar-refractivity contribution in [3.63, 3.8) is 0 Å². The molecule has 1 aromatic carbocycles. The van der Waals surface area contributed by atoms with Gasteiger partial charge in [0.2, 0.25) is 0 Å². The van der Waals surface area contributed by atoms with Gasteiger partial charge in [-0.1, -0.05) is 18.2 Å². The highest BCUT2D eigenvalue weighted by atomic mass is 16.3. The van der Waals surface area contributed by atoms with Crippen LogP contribution in [0.4, 0.5) is 0 Å². The molecule has 1 aliphatic rings. The van der Waals surface area contributed by atoms with Crippen LogP contribution in [-0.4, -0.2) is 43.7 Å². The topological polar surface area (TPSA) is 54.2 Å². The number of hydrogen-bond acceptors (Lipinski definition) is 4. The second-order valence-corrected chi connectivity index (χ2v) is 7.53. The first-order valence-corrected chi connectivity index (χ1v) is 9.38. The first-order valence-electron chi connectivity index (χ1n) is 9.38. The van der Waals surface area contributed by atoms with Crippen LogP contribution >= 0.6 is 0 Å². The lowest BCUT2D eigenvalue weighted by atomic mass is 10.00. The highest BCUT2D eigenvalue weighted by molar-refractivity contribution is 5.76. The quantitative estimate of drug-likeness (QED) is 0.768. The lowest BCUT2D eigenvalue weighted by Crippen LogP contribution is -2.24. The first kappa shape index (κ1) is 17.2. The van der Waals surface area contributed by atoms with E-state index in [2.05, 4.69) is 46.5 Å². The number of fused-ring (bicyclic) bond motifs is 1. The molecule has 1 N–H and O–H groups in total. The molecule has 0 unspecified atom stereocenters. The number of nitrogens with zero attached hydrogens (tertiary/aromatic N) is 4. The predicted molar refractivity (Wildman–Crippen MR) is 103 cm³/mol. The monoisotopic (exact) mass is 350 g/mol. The molecule has 3 heterocycles. The number of aromatic nitrogens is 3. The molecular formula is C21H26N4O. The van der Waals surface area contributed by atoms with E-state index in [0.29, 0.717) is 12.6 Å². The Hall–Kier alpha value is -2.24. The average molecular weight is 350 g/mol. The normalized spacial score (nSPS) is 21.1. The van der Waals surface area contributed by atoms with Crippen molar-refractivity contribution in [2.45, 2.75) is 39.0 Å². The number of hydrogen-bond donors (Lipinski definition) is 1. The number of pyridine rings is 1. The van der Waals surface area contributed by atoms with Crippen molar-refractivity contribution in [1.82, 2.24) is 19.4 Å². The molecule has 0 radical (unpaired) electrons. The third kappa shape index (κ3) is 3.37. The molecule has 2 aromatic heterocycles. The average Bonchev–Trinajstić information content (AvgIpc) is 3.16. The van der Waals surface area contributed by atoms with E-state index in [1.165, 1.54) is 5.52 Å². The van der Waals surface area contributed by atoms with Crippen LogP contribution in [-0.2, 0) is 13.0 Å². The molecular weight excluding hydrogens is 324 g/mol. The number of aliphatic hydroxyl groups is 1. The smallest absolute Gasteiger partial charge is 0.124 e. The van der Waals surface area contributed by atoms with Crippen LogP contribution in [0.25, 0.3) is 11.0 Å². The maximum absolute atomic E-state index is 10.5. The largest absolute Gasteiger partial charge is 0.391 e. The standard InChI is InChI=1S/C21H26N4O/c1-15(2)25-19-9-4-3-8-18(19)23-21(25)14-24-12-16(20(26)13-24)11-17-7-5-6-10-22-17/h3-10,15-16,20,26H,11-14H2,1-2H3/t16-,20-/m1/s1. The summed E-state index contributed by atoms with van der Waals surface area (Å²) < 4.78 is 2.31. The summed E-state index contributed by atoms with van der Waals surface area (Å²) in [5, 5.41) is 10.5. The third-order valence-corrected chi connectivity index (χ3v) is 5.23. The number of para-hydroxylation sites is 2. The van der Waals surface area contributed by atoms with E-state index in [-0.39, 0.29) is 12.0 Å². The van der Waals surface area contributed by atoms with Crippen LogP contribution in [0, 0.1) is 5.92 Å². The Labute approximate surface area is 154 Å². The summed E-state index contributed by atoms with van der Waals surface area (Å²) in [6.45, 7) is 6.72. The van der Waals surface area contributed by atoms with Gasteiger partial charge in [0.1, 0.15) is 5.82 Å². The molecule has 26 heavy (non-hydrogen) atoms. The predicted octanol–water partition coefficient (Wildman–Crippen LogP) is 3.05. The second kappa shape index (κ2) is 7.17. The Morgan fingerprint density at radius 3 is 2.69 bits per heavy atom. The van der Waals surface area contributed by atoms with E-state index in [4.69, 9.17) is 4.98 Å². The number of benzene rings is 1. The van der Waals surface area contributed by atoms with Crippen molar-refractivity contribution in [1.29, 1.82) is 0 Å². The maximum Gasteiger partial charge on any atom is 0.124 e. The minimum atomic E-state index is -0.311. The van der Waals surface area contributed by atoms with E-state index in [9.17, 15) is 5.11 Å². The summed E-state index contributed by atoms with van der Waals surface area (Å²) in [6, 6.07) is 14.6. The molecule has 0 saturated carbocycles. The number of imidazole rings is 1.